The maximum Gasteiger partial charge on any atom is 0.273 e. The molecule has 0 aliphatic heterocycles. The maximum atomic E-state index is 11.0. The van der Waals surface area contributed by atoms with Gasteiger partial charge in [-0.2, -0.15) is 9.61 Å². The summed E-state index contributed by atoms with van der Waals surface area (Å²) in [5, 5.41) is 24.5. The highest BCUT2D eigenvalue weighted by molar-refractivity contribution is 7.19. The van der Waals surface area contributed by atoms with Crippen molar-refractivity contribution in [3.63, 3.8) is 0 Å². The van der Waals surface area contributed by atoms with E-state index >= 15 is 0 Å². The summed E-state index contributed by atoms with van der Waals surface area (Å²) in [6.45, 7) is 3.81. The van der Waals surface area contributed by atoms with Crippen molar-refractivity contribution >= 4 is 22.0 Å². The normalized spacial score (nSPS) is 11.1. The monoisotopic (exact) mass is 303 g/mol. The van der Waals surface area contributed by atoms with Crippen LogP contribution in [0.25, 0.3) is 15.5 Å². The number of aromatic nitrogens is 4. The van der Waals surface area contributed by atoms with Gasteiger partial charge in [0.05, 0.1) is 4.92 Å². The first-order chi connectivity index (χ1) is 10.1. The van der Waals surface area contributed by atoms with Crippen LogP contribution in [0, 0.1) is 17.0 Å². The number of hydrogen-bond donors (Lipinski definition) is 0. The fraction of sp³-hybridized carbons (Fsp3) is 0.308. The SMILES string of the molecule is CCCc1nnc2sc(-c3cccc([N+](=O)[O-])c3C)nn12. The third-order valence-corrected chi connectivity index (χ3v) is 4.19. The zero-order chi connectivity index (χ0) is 15.0. The van der Waals surface area contributed by atoms with Gasteiger partial charge in [0.25, 0.3) is 5.69 Å². The lowest BCUT2D eigenvalue weighted by Crippen LogP contribution is -1.96. The largest absolute Gasteiger partial charge is 0.273 e. The molecule has 0 spiro atoms. The average Bonchev–Trinajstić information content (AvgIpc) is 3.01. The van der Waals surface area contributed by atoms with Gasteiger partial charge < -0.3 is 0 Å². The quantitative estimate of drug-likeness (QED) is 0.546. The molecule has 0 saturated carbocycles. The van der Waals surface area contributed by atoms with Gasteiger partial charge >= 0.3 is 0 Å². The van der Waals surface area contributed by atoms with Crippen LogP contribution in [0.3, 0.4) is 0 Å². The number of nitro groups is 1. The fourth-order valence-corrected chi connectivity index (χ4v) is 3.14. The Labute approximate surface area is 124 Å². The lowest BCUT2D eigenvalue weighted by atomic mass is 10.1. The van der Waals surface area contributed by atoms with E-state index in [1.54, 1.807) is 17.5 Å². The van der Waals surface area contributed by atoms with Crippen molar-refractivity contribution in [2.45, 2.75) is 26.7 Å². The van der Waals surface area contributed by atoms with Crippen LogP contribution in [0.1, 0.15) is 24.7 Å². The molecule has 108 valence electrons. The second kappa shape index (κ2) is 5.21. The molecule has 0 unspecified atom stereocenters. The van der Waals surface area contributed by atoms with Crippen molar-refractivity contribution in [1.29, 1.82) is 0 Å². The van der Waals surface area contributed by atoms with Crippen molar-refractivity contribution in [1.82, 2.24) is 19.8 Å². The number of hydrogen-bond acceptors (Lipinski definition) is 6. The van der Waals surface area contributed by atoms with Crippen LogP contribution in [0.4, 0.5) is 5.69 Å². The van der Waals surface area contributed by atoms with Gasteiger partial charge in [0.15, 0.2) is 5.82 Å². The van der Waals surface area contributed by atoms with Gasteiger partial charge in [0.1, 0.15) is 5.01 Å². The fourth-order valence-electron chi connectivity index (χ4n) is 2.20. The minimum atomic E-state index is -0.373. The summed E-state index contributed by atoms with van der Waals surface area (Å²) < 4.78 is 1.72. The number of benzene rings is 1. The van der Waals surface area contributed by atoms with Gasteiger partial charge in [-0.3, -0.25) is 10.1 Å². The molecule has 2 heterocycles. The molecule has 0 fully saturated rings. The van der Waals surface area contributed by atoms with Gasteiger partial charge in [0, 0.05) is 23.6 Å². The van der Waals surface area contributed by atoms with Crippen molar-refractivity contribution in [2.24, 2.45) is 0 Å². The molecule has 3 rings (SSSR count). The summed E-state index contributed by atoms with van der Waals surface area (Å²) in [6, 6.07) is 5.02. The van der Waals surface area contributed by atoms with Crippen molar-refractivity contribution in [3.05, 3.63) is 39.7 Å². The number of nitrogens with zero attached hydrogens (tertiary/aromatic N) is 5. The van der Waals surface area contributed by atoms with E-state index in [2.05, 4.69) is 22.2 Å². The summed E-state index contributed by atoms with van der Waals surface area (Å²) in [4.78, 5) is 11.4. The Balaban J connectivity index is 2.12. The van der Waals surface area contributed by atoms with E-state index in [4.69, 9.17) is 0 Å². The first-order valence-corrected chi connectivity index (χ1v) is 7.39. The first-order valence-electron chi connectivity index (χ1n) is 6.57. The Morgan fingerprint density at radius 1 is 1.38 bits per heavy atom. The van der Waals surface area contributed by atoms with Crippen LogP contribution in [0.2, 0.25) is 0 Å². The molecule has 0 atom stereocenters. The second-order valence-electron chi connectivity index (χ2n) is 4.67. The minimum Gasteiger partial charge on any atom is -0.258 e. The van der Waals surface area contributed by atoms with Crippen LogP contribution in [-0.2, 0) is 6.42 Å². The maximum absolute atomic E-state index is 11.0. The van der Waals surface area contributed by atoms with E-state index in [0.717, 1.165) is 29.2 Å². The lowest BCUT2D eigenvalue weighted by Gasteiger charge is -2.02. The summed E-state index contributed by atoms with van der Waals surface area (Å²) in [5.74, 6) is 0.818. The predicted octanol–water partition coefficient (Wildman–Crippen LogP) is 3.02. The van der Waals surface area contributed by atoms with Crippen molar-refractivity contribution in [2.75, 3.05) is 0 Å². The summed E-state index contributed by atoms with van der Waals surface area (Å²) in [7, 11) is 0. The van der Waals surface area contributed by atoms with E-state index in [-0.39, 0.29) is 10.6 Å². The van der Waals surface area contributed by atoms with Crippen LogP contribution in [-0.4, -0.2) is 24.7 Å². The molecule has 0 aliphatic rings. The predicted molar refractivity (Wildman–Crippen MR) is 79.5 cm³/mol. The molecule has 0 saturated heterocycles. The Bertz CT molecular complexity index is 823. The molecule has 0 bridgehead atoms. The Kier molecular flexibility index (Phi) is 3.38. The van der Waals surface area contributed by atoms with Crippen LogP contribution >= 0.6 is 11.3 Å². The number of rotatable bonds is 4. The van der Waals surface area contributed by atoms with Crippen LogP contribution in [0.5, 0.6) is 0 Å². The smallest absolute Gasteiger partial charge is 0.258 e. The van der Waals surface area contributed by atoms with Gasteiger partial charge in [0.2, 0.25) is 4.96 Å². The van der Waals surface area contributed by atoms with Crippen molar-refractivity contribution < 1.29 is 4.92 Å². The van der Waals surface area contributed by atoms with Crippen LogP contribution < -0.4 is 0 Å². The molecule has 3 aromatic rings. The van der Waals surface area contributed by atoms with Gasteiger partial charge in [-0.25, -0.2) is 0 Å². The number of nitro benzene ring substituents is 1. The Morgan fingerprint density at radius 2 is 2.19 bits per heavy atom. The molecule has 8 heteroatoms. The molecule has 0 aliphatic carbocycles. The standard InChI is InChI=1S/C13H13N5O2S/c1-3-5-11-14-15-13-17(11)16-12(21-13)9-6-4-7-10(8(9)2)18(19)20/h4,6-7H,3,5H2,1-2H3. The van der Waals surface area contributed by atoms with E-state index in [1.165, 1.54) is 17.4 Å². The minimum absolute atomic E-state index is 0.104. The third-order valence-electron chi connectivity index (χ3n) is 3.26. The van der Waals surface area contributed by atoms with E-state index in [1.807, 2.05) is 6.07 Å². The highest BCUT2D eigenvalue weighted by Gasteiger charge is 2.18. The van der Waals surface area contributed by atoms with Gasteiger partial charge in [-0.05, 0) is 13.3 Å². The third kappa shape index (κ3) is 2.27. The second-order valence-corrected chi connectivity index (χ2v) is 5.63. The first kappa shape index (κ1) is 13.6. The molecule has 0 amide bonds. The van der Waals surface area contributed by atoms with E-state index in [9.17, 15) is 10.1 Å². The lowest BCUT2D eigenvalue weighted by molar-refractivity contribution is -0.385. The van der Waals surface area contributed by atoms with E-state index < -0.39 is 0 Å². The average molecular weight is 303 g/mol. The number of aryl methyl sites for hydroxylation is 1. The summed E-state index contributed by atoms with van der Waals surface area (Å²) >= 11 is 1.39. The zero-order valence-electron chi connectivity index (χ0n) is 11.6. The molecule has 7 nitrogen and oxygen atoms in total. The van der Waals surface area contributed by atoms with Gasteiger partial charge in [-0.15, -0.1) is 10.2 Å². The molecule has 0 radical (unpaired) electrons. The highest BCUT2D eigenvalue weighted by Crippen LogP contribution is 2.32. The number of fused-ring (bicyclic) bond motifs is 1. The molecular formula is C13H13N5O2S. The summed E-state index contributed by atoms with van der Waals surface area (Å²) in [5.41, 5.74) is 1.49. The molecule has 1 aromatic carbocycles. The highest BCUT2D eigenvalue weighted by atomic mass is 32.1. The molecule has 21 heavy (non-hydrogen) atoms. The Morgan fingerprint density at radius 3 is 2.90 bits per heavy atom. The molecule has 0 N–H and O–H groups in total. The summed E-state index contributed by atoms with van der Waals surface area (Å²) in [6.07, 6.45) is 1.77. The topological polar surface area (TPSA) is 86.2 Å². The van der Waals surface area contributed by atoms with Crippen LogP contribution in [0.15, 0.2) is 18.2 Å². The molecule has 2 aromatic heterocycles. The Hall–Kier alpha value is -2.35. The van der Waals surface area contributed by atoms with Crippen molar-refractivity contribution in [3.8, 4) is 10.6 Å². The molecular weight excluding hydrogens is 290 g/mol. The van der Waals surface area contributed by atoms with E-state index in [0.29, 0.717) is 10.5 Å². The zero-order valence-corrected chi connectivity index (χ0v) is 12.4. The van der Waals surface area contributed by atoms with Gasteiger partial charge in [-0.1, -0.05) is 30.4 Å².